The van der Waals surface area contributed by atoms with E-state index in [1.165, 1.54) is 43.4 Å². The van der Waals surface area contributed by atoms with E-state index in [4.69, 9.17) is 0 Å². The molecule has 0 aliphatic carbocycles. The fourth-order valence-electron chi connectivity index (χ4n) is 4.74. The maximum absolute atomic E-state index is 3.82. The molecule has 1 heteroatoms. The summed E-state index contributed by atoms with van der Waals surface area (Å²) in [5, 5.41) is 7.58. The Hall–Kier alpha value is -3.32. The van der Waals surface area contributed by atoms with Crippen LogP contribution in [0.15, 0.2) is 84.9 Å². The summed E-state index contributed by atoms with van der Waals surface area (Å²) in [6, 6.07) is 31.4. The highest BCUT2D eigenvalue weighted by atomic mass is 14.7. The van der Waals surface area contributed by atoms with E-state index in [2.05, 4.69) is 131 Å². The summed E-state index contributed by atoms with van der Waals surface area (Å²) >= 11 is 0. The van der Waals surface area contributed by atoms with Gasteiger partial charge in [-0.2, -0.15) is 0 Å². The molecule has 0 amide bonds. The van der Waals surface area contributed by atoms with E-state index in [0.717, 1.165) is 11.0 Å². The van der Waals surface area contributed by atoms with Gasteiger partial charge in [-0.3, -0.25) is 0 Å². The molecule has 1 heterocycles. The maximum atomic E-state index is 3.82. The van der Waals surface area contributed by atoms with E-state index in [1.807, 2.05) is 0 Å². The number of hydrogen-bond donors (Lipinski definition) is 1. The molecule has 0 spiro atoms. The number of nitrogens with one attached hydrogen (secondary N) is 1. The van der Waals surface area contributed by atoms with E-state index in [9.17, 15) is 0 Å². The fraction of sp³-hybridized carbons (Fsp3) is 0.250. The van der Waals surface area contributed by atoms with Gasteiger partial charge < -0.3 is 4.98 Å². The summed E-state index contributed by atoms with van der Waals surface area (Å²) in [5.41, 5.74) is 5.14. The van der Waals surface area contributed by atoms with Gasteiger partial charge in [0.25, 0.3) is 0 Å². The quantitative estimate of drug-likeness (QED) is 0.251. The van der Waals surface area contributed by atoms with E-state index in [-0.39, 0.29) is 10.8 Å². The molecule has 4 aromatic carbocycles. The van der Waals surface area contributed by atoms with Crippen LogP contribution in [0.2, 0.25) is 0 Å². The summed E-state index contributed by atoms with van der Waals surface area (Å²) in [6.45, 7) is 13.7. The van der Waals surface area contributed by atoms with Gasteiger partial charge in [0.15, 0.2) is 0 Å². The Morgan fingerprint density at radius 3 is 1.09 bits per heavy atom. The SMILES string of the molecule is CC(C)(C)c1ccc2[nH]c3ccc(C(C)(C)C)cc3c3ccccc3c3ccccc3c2c1. The standard InChI is InChI=1S/C32H33N/c1-31(2,3)21-15-17-29-27(19-21)25-13-9-7-11-23(25)24-12-8-10-14-26(24)28-20-22(32(4,5)6)16-18-30(28)33-29/h7-20,33H,1-6H3. The lowest BCUT2D eigenvalue weighted by Crippen LogP contribution is -2.10. The molecule has 0 atom stereocenters. The van der Waals surface area contributed by atoms with Gasteiger partial charge in [0.1, 0.15) is 0 Å². The van der Waals surface area contributed by atoms with Crippen LogP contribution in [0.25, 0.3) is 43.4 Å². The molecule has 0 fully saturated rings. The molecule has 1 nitrogen and oxygen atoms in total. The van der Waals surface area contributed by atoms with Crippen molar-refractivity contribution in [1.82, 2.24) is 4.98 Å². The Kier molecular flexibility index (Phi) is 4.97. The number of hydrogen-bond acceptors (Lipinski definition) is 0. The van der Waals surface area contributed by atoms with Gasteiger partial charge in [-0.25, -0.2) is 0 Å². The molecule has 5 aromatic rings. The number of rotatable bonds is 0. The van der Waals surface area contributed by atoms with Crippen LogP contribution in [0.1, 0.15) is 52.7 Å². The highest BCUT2D eigenvalue weighted by molar-refractivity contribution is 6.19. The largest absolute Gasteiger partial charge is 0.355 e. The van der Waals surface area contributed by atoms with E-state index in [0.29, 0.717) is 0 Å². The van der Waals surface area contributed by atoms with Crippen LogP contribution in [0.5, 0.6) is 0 Å². The van der Waals surface area contributed by atoms with Crippen molar-refractivity contribution in [3.8, 4) is 0 Å². The molecule has 5 rings (SSSR count). The minimum absolute atomic E-state index is 0.0832. The number of H-pyrrole nitrogens is 1. The first kappa shape index (κ1) is 21.5. The summed E-state index contributed by atoms with van der Waals surface area (Å²) in [7, 11) is 0. The second-order valence-electron chi connectivity index (χ2n) is 11.2. The molecule has 0 radical (unpaired) electrons. The van der Waals surface area contributed by atoms with Crippen LogP contribution < -0.4 is 0 Å². The van der Waals surface area contributed by atoms with E-state index in [1.54, 1.807) is 0 Å². The zero-order chi connectivity index (χ0) is 23.4. The maximum Gasteiger partial charge on any atom is 0.0464 e. The zero-order valence-electron chi connectivity index (χ0n) is 20.6. The normalized spacial score (nSPS) is 12.5. The second kappa shape index (κ2) is 7.63. The molecule has 0 aliphatic rings. The average molecular weight is 432 g/mol. The Morgan fingerprint density at radius 1 is 0.424 bits per heavy atom. The van der Waals surface area contributed by atoms with Crippen molar-refractivity contribution in [3.63, 3.8) is 0 Å². The van der Waals surface area contributed by atoms with Gasteiger partial charge in [0.05, 0.1) is 0 Å². The predicted molar refractivity (Wildman–Crippen MR) is 146 cm³/mol. The summed E-state index contributed by atoms with van der Waals surface area (Å²) < 4.78 is 0. The molecule has 0 saturated heterocycles. The van der Waals surface area contributed by atoms with Gasteiger partial charge in [-0.1, -0.05) is 102 Å². The van der Waals surface area contributed by atoms with Crippen molar-refractivity contribution >= 4 is 43.4 Å². The lowest BCUT2D eigenvalue weighted by molar-refractivity contribution is 0.591. The second-order valence-corrected chi connectivity index (χ2v) is 11.2. The highest BCUT2D eigenvalue weighted by Crippen LogP contribution is 2.34. The minimum atomic E-state index is 0.0832. The molecule has 33 heavy (non-hydrogen) atoms. The molecular weight excluding hydrogens is 398 g/mol. The smallest absolute Gasteiger partial charge is 0.0464 e. The zero-order valence-corrected chi connectivity index (χ0v) is 20.6. The van der Waals surface area contributed by atoms with Gasteiger partial charge in [-0.15, -0.1) is 0 Å². The van der Waals surface area contributed by atoms with Gasteiger partial charge >= 0.3 is 0 Å². The molecule has 0 unspecified atom stereocenters. The van der Waals surface area contributed by atoms with Crippen molar-refractivity contribution in [2.75, 3.05) is 0 Å². The average Bonchev–Trinajstić information content (AvgIpc) is 2.82. The summed E-state index contributed by atoms with van der Waals surface area (Å²) in [4.78, 5) is 3.82. The van der Waals surface area contributed by atoms with E-state index >= 15 is 0 Å². The Balaban J connectivity index is 2.12. The van der Waals surface area contributed by atoms with E-state index < -0.39 is 0 Å². The number of aromatic amines is 1. The lowest BCUT2D eigenvalue weighted by Gasteiger charge is -2.20. The first-order valence-corrected chi connectivity index (χ1v) is 11.9. The Labute approximate surface area is 196 Å². The van der Waals surface area contributed by atoms with Crippen LogP contribution >= 0.6 is 0 Å². The number of benzene rings is 4. The van der Waals surface area contributed by atoms with Crippen molar-refractivity contribution < 1.29 is 0 Å². The van der Waals surface area contributed by atoms with Gasteiger partial charge in [0, 0.05) is 21.8 Å². The Morgan fingerprint density at radius 2 is 0.758 bits per heavy atom. The summed E-state index contributed by atoms with van der Waals surface area (Å²) in [5.74, 6) is 0. The molecule has 1 aromatic heterocycles. The molecular formula is C32H33N. The lowest BCUT2D eigenvalue weighted by atomic mass is 9.86. The monoisotopic (exact) mass is 431 g/mol. The third-order valence-electron chi connectivity index (χ3n) is 6.77. The molecule has 0 aliphatic heterocycles. The molecule has 0 bridgehead atoms. The number of fused-ring (bicyclic) bond motifs is 7. The third-order valence-corrected chi connectivity index (χ3v) is 6.77. The summed E-state index contributed by atoms with van der Waals surface area (Å²) in [6.07, 6.45) is 0. The molecule has 1 N–H and O–H groups in total. The van der Waals surface area contributed by atoms with Crippen molar-refractivity contribution in [2.45, 2.75) is 52.4 Å². The van der Waals surface area contributed by atoms with Crippen LogP contribution in [0.4, 0.5) is 0 Å². The molecule has 166 valence electrons. The van der Waals surface area contributed by atoms with Crippen molar-refractivity contribution in [1.29, 1.82) is 0 Å². The van der Waals surface area contributed by atoms with Crippen LogP contribution in [-0.4, -0.2) is 4.98 Å². The molecule has 0 saturated carbocycles. The Bertz CT molecular complexity index is 1450. The van der Waals surface area contributed by atoms with Crippen LogP contribution in [-0.2, 0) is 10.8 Å². The van der Waals surface area contributed by atoms with Crippen LogP contribution in [0, 0.1) is 0 Å². The minimum Gasteiger partial charge on any atom is -0.355 e. The first-order chi connectivity index (χ1) is 15.6. The van der Waals surface area contributed by atoms with Gasteiger partial charge in [-0.05, 0) is 67.8 Å². The topological polar surface area (TPSA) is 15.8 Å². The first-order valence-electron chi connectivity index (χ1n) is 11.9. The van der Waals surface area contributed by atoms with Crippen molar-refractivity contribution in [3.05, 3.63) is 96.1 Å². The highest BCUT2D eigenvalue weighted by Gasteiger charge is 2.16. The number of aromatic nitrogens is 1. The third kappa shape index (κ3) is 3.86. The van der Waals surface area contributed by atoms with Crippen LogP contribution in [0.3, 0.4) is 0 Å². The predicted octanol–water partition coefficient (Wildman–Crippen LogP) is 9.35. The van der Waals surface area contributed by atoms with Gasteiger partial charge in [0.2, 0.25) is 0 Å². The fourth-order valence-corrected chi connectivity index (χ4v) is 4.74. The van der Waals surface area contributed by atoms with Crippen molar-refractivity contribution in [2.24, 2.45) is 0 Å².